The maximum absolute atomic E-state index is 12.5. The summed E-state index contributed by atoms with van der Waals surface area (Å²) in [7, 11) is 0. The molecule has 0 aliphatic carbocycles. The van der Waals surface area contributed by atoms with E-state index in [1.807, 2.05) is 18.2 Å². The third kappa shape index (κ3) is 3.66. The van der Waals surface area contributed by atoms with Crippen LogP contribution < -0.4 is 10.2 Å². The van der Waals surface area contributed by atoms with Crippen LogP contribution in [0.4, 0.5) is 11.4 Å². The molecule has 5 heteroatoms. The van der Waals surface area contributed by atoms with Crippen LogP contribution in [0, 0.1) is 0 Å². The predicted molar refractivity (Wildman–Crippen MR) is 91.5 cm³/mol. The van der Waals surface area contributed by atoms with Crippen molar-refractivity contribution in [2.24, 2.45) is 0 Å². The number of hydrogen-bond donors (Lipinski definition) is 1. The lowest BCUT2D eigenvalue weighted by Gasteiger charge is -2.29. The normalized spacial score (nSPS) is 21.3. The number of amides is 2. The Labute approximate surface area is 137 Å². The zero-order valence-electron chi connectivity index (χ0n) is 13.8. The fourth-order valence-electron chi connectivity index (χ4n) is 3.57. The first kappa shape index (κ1) is 15.8. The van der Waals surface area contributed by atoms with Crippen LogP contribution in [0.15, 0.2) is 24.3 Å². The van der Waals surface area contributed by atoms with Crippen LogP contribution in [0.3, 0.4) is 0 Å². The molecule has 2 aliphatic heterocycles. The second-order valence-corrected chi connectivity index (χ2v) is 6.46. The van der Waals surface area contributed by atoms with E-state index in [0.717, 1.165) is 37.3 Å². The van der Waals surface area contributed by atoms with E-state index in [9.17, 15) is 9.59 Å². The zero-order valence-corrected chi connectivity index (χ0v) is 13.8. The van der Waals surface area contributed by atoms with Gasteiger partial charge in [-0.3, -0.25) is 9.59 Å². The summed E-state index contributed by atoms with van der Waals surface area (Å²) in [5.41, 5.74) is 1.98. The Kier molecular flexibility index (Phi) is 4.84. The van der Waals surface area contributed by atoms with Gasteiger partial charge in [0.05, 0.1) is 0 Å². The lowest BCUT2D eigenvalue weighted by atomic mass is 10.1. The highest BCUT2D eigenvalue weighted by Crippen LogP contribution is 2.24. The van der Waals surface area contributed by atoms with Crippen LogP contribution in [0.5, 0.6) is 0 Å². The molecule has 1 unspecified atom stereocenters. The maximum Gasteiger partial charge on any atom is 0.247 e. The number of likely N-dealkylation sites (tertiary alicyclic amines) is 1. The first-order valence-electron chi connectivity index (χ1n) is 8.58. The van der Waals surface area contributed by atoms with Crippen LogP contribution in [-0.4, -0.2) is 42.4 Å². The number of anilines is 2. The minimum Gasteiger partial charge on any atom is -0.371 e. The van der Waals surface area contributed by atoms with Crippen LogP contribution in [0.1, 0.15) is 39.0 Å². The van der Waals surface area contributed by atoms with E-state index in [-0.39, 0.29) is 17.9 Å². The molecule has 0 aromatic heterocycles. The number of nitrogens with one attached hydrogen (secondary N) is 1. The van der Waals surface area contributed by atoms with Gasteiger partial charge in [0.1, 0.15) is 6.04 Å². The Hall–Kier alpha value is -2.04. The number of rotatable bonds is 3. The molecule has 124 valence electrons. The standard InChI is InChI=1S/C18H25N3O2/c1-14(22)21-12-6-9-17(21)18(23)19-15-7-5-8-16(13-15)20-10-3-2-4-11-20/h5,7-8,13,17H,2-4,6,9-12H2,1H3,(H,19,23). The van der Waals surface area contributed by atoms with Crippen molar-refractivity contribution in [3.63, 3.8) is 0 Å². The molecule has 1 N–H and O–H groups in total. The molecule has 0 saturated carbocycles. The van der Waals surface area contributed by atoms with Crippen LogP contribution >= 0.6 is 0 Å². The highest BCUT2D eigenvalue weighted by molar-refractivity contribution is 5.97. The Balaban J connectivity index is 1.67. The van der Waals surface area contributed by atoms with Gasteiger partial charge in [-0.15, -0.1) is 0 Å². The van der Waals surface area contributed by atoms with Gasteiger partial charge in [-0.1, -0.05) is 6.07 Å². The molecule has 1 aromatic rings. The molecule has 0 spiro atoms. The molecular formula is C18H25N3O2. The van der Waals surface area contributed by atoms with Gasteiger partial charge < -0.3 is 15.1 Å². The summed E-state index contributed by atoms with van der Waals surface area (Å²) in [6.07, 6.45) is 5.40. The molecule has 2 fully saturated rings. The molecule has 1 atom stereocenters. The predicted octanol–water partition coefficient (Wildman–Crippen LogP) is 2.63. The molecule has 2 heterocycles. The van der Waals surface area contributed by atoms with E-state index in [0.29, 0.717) is 6.54 Å². The number of benzene rings is 1. The van der Waals surface area contributed by atoms with Gasteiger partial charge in [0.2, 0.25) is 11.8 Å². The van der Waals surface area contributed by atoms with E-state index in [1.165, 1.54) is 26.2 Å². The van der Waals surface area contributed by atoms with Crippen molar-refractivity contribution in [1.29, 1.82) is 0 Å². The van der Waals surface area contributed by atoms with Crippen LogP contribution in [0.2, 0.25) is 0 Å². The van der Waals surface area contributed by atoms with E-state index in [4.69, 9.17) is 0 Å². The topological polar surface area (TPSA) is 52.7 Å². The largest absolute Gasteiger partial charge is 0.371 e. The Bertz CT molecular complexity index is 581. The van der Waals surface area contributed by atoms with Gasteiger partial charge in [-0.25, -0.2) is 0 Å². The van der Waals surface area contributed by atoms with E-state index in [2.05, 4.69) is 16.3 Å². The third-order valence-corrected chi connectivity index (χ3v) is 4.79. The molecular weight excluding hydrogens is 290 g/mol. The van der Waals surface area contributed by atoms with Crippen molar-refractivity contribution in [1.82, 2.24) is 4.90 Å². The van der Waals surface area contributed by atoms with Gasteiger partial charge in [0.25, 0.3) is 0 Å². The summed E-state index contributed by atoms with van der Waals surface area (Å²) >= 11 is 0. The Morgan fingerprint density at radius 2 is 1.87 bits per heavy atom. The van der Waals surface area contributed by atoms with Crippen molar-refractivity contribution in [3.8, 4) is 0 Å². The summed E-state index contributed by atoms with van der Waals surface area (Å²) in [5.74, 6) is -0.0989. The van der Waals surface area contributed by atoms with Crippen molar-refractivity contribution in [3.05, 3.63) is 24.3 Å². The number of hydrogen-bond acceptors (Lipinski definition) is 3. The van der Waals surface area contributed by atoms with Crippen LogP contribution in [0.25, 0.3) is 0 Å². The molecule has 0 radical (unpaired) electrons. The van der Waals surface area contributed by atoms with E-state index in [1.54, 1.807) is 4.90 Å². The molecule has 2 aliphatic rings. The summed E-state index contributed by atoms with van der Waals surface area (Å²) in [4.78, 5) is 28.2. The minimum absolute atomic E-state index is 0.0234. The number of nitrogens with zero attached hydrogens (tertiary/aromatic N) is 2. The van der Waals surface area contributed by atoms with Gasteiger partial charge in [-0.05, 0) is 50.3 Å². The average Bonchev–Trinajstić information content (AvgIpc) is 3.06. The summed E-state index contributed by atoms with van der Waals surface area (Å²) in [6.45, 7) is 4.38. The second kappa shape index (κ2) is 7.02. The third-order valence-electron chi connectivity index (χ3n) is 4.79. The second-order valence-electron chi connectivity index (χ2n) is 6.46. The lowest BCUT2D eigenvalue weighted by molar-refractivity contribution is -0.134. The fourth-order valence-corrected chi connectivity index (χ4v) is 3.57. The highest BCUT2D eigenvalue weighted by Gasteiger charge is 2.32. The SMILES string of the molecule is CC(=O)N1CCCC1C(=O)Nc1cccc(N2CCCCC2)c1. The molecule has 3 rings (SSSR count). The molecule has 23 heavy (non-hydrogen) atoms. The molecule has 0 bridgehead atoms. The summed E-state index contributed by atoms with van der Waals surface area (Å²) < 4.78 is 0. The number of carbonyl (C=O) groups excluding carboxylic acids is 2. The molecule has 5 nitrogen and oxygen atoms in total. The quantitative estimate of drug-likeness (QED) is 0.933. The fraction of sp³-hybridized carbons (Fsp3) is 0.556. The Morgan fingerprint density at radius 3 is 2.61 bits per heavy atom. The average molecular weight is 315 g/mol. The van der Waals surface area contributed by atoms with E-state index < -0.39 is 0 Å². The van der Waals surface area contributed by atoms with Gasteiger partial charge >= 0.3 is 0 Å². The number of piperidine rings is 1. The summed E-state index contributed by atoms with van der Waals surface area (Å²) in [5, 5.41) is 2.99. The molecule has 2 amide bonds. The van der Waals surface area contributed by atoms with Crippen molar-refractivity contribution in [2.45, 2.75) is 45.1 Å². The summed E-state index contributed by atoms with van der Waals surface area (Å²) in [6, 6.07) is 7.70. The first-order valence-corrected chi connectivity index (χ1v) is 8.58. The highest BCUT2D eigenvalue weighted by atomic mass is 16.2. The van der Waals surface area contributed by atoms with Gasteiger partial charge in [0.15, 0.2) is 0 Å². The molecule has 2 saturated heterocycles. The van der Waals surface area contributed by atoms with Crippen molar-refractivity contribution in [2.75, 3.05) is 29.9 Å². The zero-order chi connectivity index (χ0) is 16.2. The lowest BCUT2D eigenvalue weighted by Crippen LogP contribution is -2.42. The minimum atomic E-state index is -0.328. The Morgan fingerprint density at radius 1 is 1.09 bits per heavy atom. The van der Waals surface area contributed by atoms with Gasteiger partial charge in [-0.2, -0.15) is 0 Å². The first-order chi connectivity index (χ1) is 11.1. The molecule has 1 aromatic carbocycles. The van der Waals surface area contributed by atoms with Crippen molar-refractivity contribution >= 4 is 23.2 Å². The monoisotopic (exact) mass is 315 g/mol. The van der Waals surface area contributed by atoms with Crippen LogP contribution in [-0.2, 0) is 9.59 Å². The smallest absolute Gasteiger partial charge is 0.247 e. The van der Waals surface area contributed by atoms with Crippen molar-refractivity contribution < 1.29 is 9.59 Å². The maximum atomic E-state index is 12.5. The van der Waals surface area contributed by atoms with Gasteiger partial charge in [0, 0.05) is 37.9 Å². The number of carbonyl (C=O) groups is 2. The van der Waals surface area contributed by atoms with E-state index >= 15 is 0 Å².